The first kappa shape index (κ1) is 30.2. The van der Waals surface area contributed by atoms with Crippen LogP contribution in [0.5, 0.6) is 17.2 Å². The number of anilines is 1. The van der Waals surface area contributed by atoms with Crippen LogP contribution in [0.25, 0.3) is 11.0 Å². The smallest absolute Gasteiger partial charge is 0.317 e. The Hall–Kier alpha value is -5.27. The maximum absolute atomic E-state index is 13.3. The van der Waals surface area contributed by atoms with Crippen LogP contribution < -0.4 is 30.6 Å². The number of hydrogen-bond acceptors (Lipinski definition) is 8. The van der Waals surface area contributed by atoms with Gasteiger partial charge in [0.25, 0.3) is 5.91 Å². The predicted molar refractivity (Wildman–Crippen MR) is 162 cm³/mol. The molecule has 44 heavy (non-hydrogen) atoms. The van der Waals surface area contributed by atoms with Crippen molar-refractivity contribution in [2.45, 2.75) is 39.9 Å². The van der Waals surface area contributed by atoms with Gasteiger partial charge in [0, 0.05) is 38.8 Å². The number of methoxy groups -OCH3 is 1. The minimum absolute atomic E-state index is 0.227. The third kappa shape index (κ3) is 6.38. The maximum atomic E-state index is 13.3. The van der Waals surface area contributed by atoms with Gasteiger partial charge in [0.2, 0.25) is 11.9 Å². The number of ether oxygens (including phenoxy) is 3. The quantitative estimate of drug-likeness (QED) is 0.220. The number of rotatable bonds is 11. The molecule has 0 saturated carbocycles. The van der Waals surface area contributed by atoms with E-state index < -0.39 is 5.91 Å². The number of aryl methyl sites for hydroxylation is 3. The number of imidazole rings is 1. The van der Waals surface area contributed by atoms with Gasteiger partial charge in [-0.05, 0) is 56.2 Å². The van der Waals surface area contributed by atoms with E-state index >= 15 is 0 Å². The number of nitrogens with zero attached hydrogens (tertiary/aromatic N) is 5. The monoisotopic (exact) mass is 604 g/mol. The molecular weight excluding hydrogens is 568 g/mol. The van der Waals surface area contributed by atoms with Crippen LogP contribution in [0, 0.1) is 6.92 Å². The van der Waals surface area contributed by atoms with Crippen molar-refractivity contribution in [3.05, 3.63) is 58.9 Å². The molecule has 0 saturated heterocycles. The first-order chi connectivity index (χ1) is 21.2. The van der Waals surface area contributed by atoms with E-state index in [0.717, 1.165) is 5.56 Å². The van der Waals surface area contributed by atoms with Gasteiger partial charge in [-0.3, -0.25) is 19.6 Å². The van der Waals surface area contributed by atoms with Crippen molar-refractivity contribution in [2.24, 2.45) is 5.73 Å². The van der Waals surface area contributed by atoms with Gasteiger partial charge in [-0.25, -0.2) is 9.78 Å². The first-order valence-electron chi connectivity index (χ1n) is 14.3. The molecule has 0 aliphatic carbocycles. The molecule has 232 valence electrons. The standard InChI is InChI=1S/C30H36N8O6/c1-5-38-22(13-18(2)35-38)28(40)34-29-33-21-15-20(27(31)39)16-25(42-4)26(21)37(29)10-6-9-32-30(41)36(3)17-19-7-8-23-24(14-19)44-12-11-43-23/h7-8,13-16H,5-6,9-12,17H2,1-4H3,(H2,31,39)(H,32,41)(H,33,34,40). The van der Waals surface area contributed by atoms with Crippen molar-refractivity contribution in [3.63, 3.8) is 0 Å². The van der Waals surface area contributed by atoms with Gasteiger partial charge in [-0.1, -0.05) is 6.07 Å². The normalized spacial score (nSPS) is 12.2. The summed E-state index contributed by atoms with van der Waals surface area (Å²) in [5.41, 5.74) is 8.78. The zero-order valence-corrected chi connectivity index (χ0v) is 25.2. The molecule has 3 heterocycles. The summed E-state index contributed by atoms with van der Waals surface area (Å²) in [6.45, 7) is 6.35. The maximum Gasteiger partial charge on any atom is 0.317 e. The second kappa shape index (κ2) is 12.9. The molecule has 14 heteroatoms. The van der Waals surface area contributed by atoms with Crippen molar-refractivity contribution in [1.82, 2.24) is 29.5 Å². The van der Waals surface area contributed by atoms with Gasteiger partial charge in [-0.2, -0.15) is 5.10 Å². The van der Waals surface area contributed by atoms with Crippen molar-refractivity contribution < 1.29 is 28.6 Å². The minimum atomic E-state index is -0.629. The molecule has 4 N–H and O–H groups in total. The number of benzene rings is 2. The Balaban J connectivity index is 1.30. The zero-order valence-electron chi connectivity index (χ0n) is 25.2. The summed E-state index contributed by atoms with van der Waals surface area (Å²) in [5.74, 6) is 0.993. The number of carbonyl (C=O) groups excluding carboxylic acids is 3. The average Bonchev–Trinajstić information content (AvgIpc) is 3.57. The van der Waals surface area contributed by atoms with E-state index in [1.54, 1.807) is 39.4 Å². The van der Waals surface area contributed by atoms with E-state index in [2.05, 4.69) is 20.7 Å². The molecule has 0 radical (unpaired) electrons. The van der Waals surface area contributed by atoms with Crippen LogP contribution in [0.3, 0.4) is 0 Å². The van der Waals surface area contributed by atoms with E-state index in [9.17, 15) is 14.4 Å². The Bertz CT molecular complexity index is 1710. The summed E-state index contributed by atoms with van der Waals surface area (Å²) >= 11 is 0. The van der Waals surface area contributed by atoms with Gasteiger partial charge in [0.1, 0.15) is 30.2 Å². The number of amides is 4. The second-order valence-corrected chi connectivity index (χ2v) is 10.4. The molecule has 4 aromatic rings. The van der Waals surface area contributed by atoms with Crippen LogP contribution in [0.1, 0.15) is 45.4 Å². The molecule has 0 spiro atoms. The lowest BCUT2D eigenvalue weighted by atomic mass is 10.1. The third-order valence-electron chi connectivity index (χ3n) is 7.18. The molecule has 0 atom stereocenters. The Kier molecular flexibility index (Phi) is 8.88. The lowest BCUT2D eigenvalue weighted by Gasteiger charge is -2.21. The fourth-order valence-corrected chi connectivity index (χ4v) is 5.08. The highest BCUT2D eigenvalue weighted by atomic mass is 16.6. The molecule has 0 unspecified atom stereocenters. The summed E-state index contributed by atoms with van der Waals surface area (Å²) in [7, 11) is 3.20. The van der Waals surface area contributed by atoms with Crippen molar-refractivity contribution in [2.75, 3.05) is 39.2 Å². The minimum Gasteiger partial charge on any atom is -0.494 e. The topological polar surface area (TPSA) is 168 Å². The molecule has 5 rings (SSSR count). The van der Waals surface area contributed by atoms with Gasteiger partial charge >= 0.3 is 6.03 Å². The highest BCUT2D eigenvalue weighted by molar-refractivity contribution is 6.04. The number of aromatic nitrogens is 4. The van der Waals surface area contributed by atoms with Gasteiger partial charge in [0.15, 0.2) is 11.5 Å². The molecule has 2 aromatic heterocycles. The van der Waals surface area contributed by atoms with Crippen LogP contribution in [0.2, 0.25) is 0 Å². The Morgan fingerprint density at radius 1 is 1.11 bits per heavy atom. The number of hydrogen-bond donors (Lipinski definition) is 3. The van der Waals surface area contributed by atoms with Crippen LogP contribution >= 0.6 is 0 Å². The van der Waals surface area contributed by atoms with E-state index in [-0.39, 0.29) is 23.5 Å². The van der Waals surface area contributed by atoms with Crippen LogP contribution in [-0.2, 0) is 19.6 Å². The van der Waals surface area contributed by atoms with Crippen molar-refractivity contribution in [1.29, 1.82) is 0 Å². The Morgan fingerprint density at radius 3 is 2.61 bits per heavy atom. The number of carbonyl (C=O) groups is 3. The van der Waals surface area contributed by atoms with Crippen LogP contribution in [0.4, 0.5) is 10.7 Å². The molecule has 14 nitrogen and oxygen atoms in total. The van der Waals surface area contributed by atoms with Crippen LogP contribution in [-0.4, -0.2) is 76.0 Å². The van der Waals surface area contributed by atoms with E-state index in [4.69, 9.17) is 19.9 Å². The molecule has 1 aliphatic rings. The van der Waals surface area contributed by atoms with Gasteiger partial charge in [-0.15, -0.1) is 0 Å². The molecule has 1 aliphatic heterocycles. The van der Waals surface area contributed by atoms with E-state index in [0.29, 0.717) is 85.5 Å². The number of nitrogens with two attached hydrogens (primary N) is 1. The fraction of sp³-hybridized carbons (Fsp3) is 0.367. The first-order valence-corrected chi connectivity index (χ1v) is 14.3. The van der Waals surface area contributed by atoms with Crippen molar-refractivity contribution in [3.8, 4) is 17.2 Å². The zero-order chi connectivity index (χ0) is 31.4. The largest absolute Gasteiger partial charge is 0.494 e. The predicted octanol–water partition coefficient (Wildman–Crippen LogP) is 2.92. The fourth-order valence-electron chi connectivity index (χ4n) is 5.08. The van der Waals surface area contributed by atoms with Gasteiger partial charge < -0.3 is 34.7 Å². The summed E-state index contributed by atoms with van der Waals surface area (Å²) < 4.78 is 20.2. The molecule has 4 amide bonds. The van der Waals surface area contributed by atoms with E-state index in [1.165, 1.54) is 7.11 Å². The highest BCUT2D eigenvalue weighted by Crippen LogP contribution is 2.32. The second-order valence-electron chi connectivity index (χ2n) is 10.4. The molecule has 2 aromatic carbocycles. The van der Waals surface area contributed by atoms with Crippen molar-refractivity contribution >= 4 is 34.8 Å². The third-order valence-corrected chi connectivity index (χ3v) is 7.18. The highest BCUT2D eigenvalue weighted by Gasteiger charge is 2.22. The molecule has 0 bridgehead atoms. The summed E-state index contributed by atoms with van der Waals surface area (Å²) in [5, 5.41) is 10.2. The summed E-state index contributed by atoms with van der Waals surface area (Å²) in [6, 6.07) is 10.2. The number of nitrogens with one attached hydrogen (secondary N) is 2. The number of primary amides is 1. The summed E-state index contributed by atoms with van der Waals surface area (Å²) in [6.07, 6.45) is 0.505. The lowest BCUT2D eigenvalue weighted by Crippen LogP contribution is -2.37. The Labute approximate surface area is 254 Å². The Morgan fingerprint density at radius 2 is 1.89 bits per heavy atom. The summed E-state index contributed by atoms with van der Waals surface area (Å²) in [4.78, 5) is 44.3. The van der Waals surface area contributed by atoms with E-state index in [1.807, 2.05) is 32.0 Å². The SMILES string of the molecule is CCn1nc(C)cc1C(=O)Nc1nc2cc(C(N)=O)cc(OC)c2n1CCCNC(=O)N(C)Cc1ccc2c(c1)OCCO2. The average molecular weight is 605 g/mol. The van der Waals surface area contributed by atoms with Crippen LogP contribution in [0.15, 0.2) is 36.4 Å². The number of fused-ring (bicyclic) bond motifs is 2. The lowest BCUT2D eigenvalue weighted by molar-refractivity contribution is 0.0995. The molecule has 0 fully saturated rings. The molecular formula is C30H36N8O6. The van der Waals surface area contributed by atoms with Gasteiger partial charge in [0.05, 0.1) is 18.3 Å². The number of urea groups is 1.